The van der Waals surface area contributed by atoms with Crippen molar-refractivity contribution in [2.45, 2.75) is 38.6 Å². The van der Waals surface area contributed by atoms with Gasteiger partial charge in [0, 0.05) is 10.9 Å². The molecule has 31 heavy (non-hydrogen) atoms. The van der Waals surface area contributed by atoms with Crippen molar-refractivity contribution < 1.29 is 32.3 Å². The molecule has 1 aromatic heterocycles. The number of sulfonamides is 1. The topological polar surface area (TPSA) is 128 Å². The van der Waals surface area contributed by atoms with E-state index in [1.54, 1.807) is 20.8 Å². The number of esters is 2. The van der Waals surface area contributed by atoms with E-state index in [0.717, 1.165) is 4.88 Å². The third-order valence-corrected chi connectivity index (χ3v) is 6.95. The molecular weight excluding hydrogens is 444 g/mol. The number of carbonyl (C=O) groups is 3. The molecule has 0 saturated carbocycles. The summed E-state index contributed by atoms with van der Waals surface area (Å²) >= 11 is 1.22. The molecule has 0 unspecified atom stereocenters. The van der Waals surface area contributed by atoms with Crippen LogP contribution in [0.25, 0.3) is 0 Å². The van der Waals surface area contributed by atoms with Crippen molar-refractivity contribution in [3.63, 3.8) is 0 Å². The molecule has 0 radical (unpaired) electrons. The Hall–Kier alpha value is -2.76. The average molecular weight is 469 g/mol. The summed E-state index contributed by atoms with van der Waals surface area (Å²) in [4.78, 5) is 37.2. The van der Waals surface area contributed by atoms with Crippen LogP contribution in [-0.2, 0) is 24.3 Å². The first-order chi connectivity index (χ1) is 14.5. The lowest BCUT2D eigenvalue weighted by molar-refractivity contribution is -0.119. The quantitative estimate of drug-likeness (QED) is 0.570. The van der Waals surface area contributed by atoms with E-state index in [0.29, 0.717) is 10.6 Å². The maximum Gasteiger partial charge on any atom is 0.341 e. The zero-order chi connectivity index (χ0) is 23.3. The number of ether oxygens (including phenoxy) is 2. The van der Waals surface area contributed by atoms with Gasteiger partial charge in [-0.1, -0.05) is 0 Å². The number of hydrogen-bond acceptors (Lipinski definition) is 8. The Bertz CT molecular complexity index is 1090. The molecule has 0 bridgehead atoms. The number of benzene rings is 1. The molecule has 1 aromatic carbocycles. The van der Waals surface area contributed by atoms with Crippen LogP contribution in [0, 0.1) is 13.8 Å². The summed E-state index contributed by atoms with van der Waals surface area (Å²) in [5, 5.41) is 2.87. The fourth-order valence-electron chi connectivity index (χ4n) is 2.59. The molecule has 0 aliphatic heterocycles. The lowest BCUT2D eigenvalue weighted by Crippen LogP contribution is -2.30. The highest BCUT2D eigenvalue weighted by Crippen LogP contribution is 2.32. The van der Waals surface area contributed by atoms with Gasteiger partial charge in [0.2, 0.25) is 10.0 Å². The van der Waals surface area contributed by atoms with Gasteiger partial charge in [0.05, 0.1) is 23.1 Å². The second-order valence-corrected chi connectivity index (χ2v) is 9.84. The number of aryl methyl sites for hydroxylation is 1. The standard InChI is InChI=1S/C20H24N2O7S2/c1-11(2)22-31(26,27)15-8-6-14(7-9-15)19(24)29-10-16(23)21-18-17(20(25)28-5)12(3)13(4)30-18/h6-9,11,22H,10H2,1-5H3,(H,21,23). The number of anilines is 1. The Kier molecular flexibility index (Phi) is 7.93. The smallest absolute Gasteiger partial charge is 0.341 e. The first kappa shape index (κ1) is 24.5. The van der Waals surface area contributed by atoms with E-state index in [-0.39, 0.29) is 22.1 Å². The minimum absolute atomic E-state index is 0.00858. The van der Waals surface area contributed by atoms with Gasteiger partial charge in [-0.05, 0) is 57.5 Å². The number of methoxy groups -OCH3 is 1. The molecule has 1 amide bonds. The van der Waals surface area contributed by atoms with Crippen LogP contribution >= 0.6 is 11.3 Å². The predicted molar refractivity (Wildman–Crippen MR) is 116 cm³/mol. The Labute approximate surface area is 184 Å². The van der Waals surface area contributed by atoms with Gasteiger partial charge in [-0.3, -0.25) is 4.79 Å². The molecule has 2 aromatic rings. The van der Waals surface area contributed by atoms with Crippen LogP contribution in [-0.4, -0.2) is 46.0 Å². The van der Waals surface area contributed by atoms with E-state index in [4.69, 9.17) is 9.47 Å². The van der Waals surface area contributed by atoms with Gasteiger partial charge in [0.1, 0.15) is 5.00 Å². The molecular formula is C20H24N2O7S2. The zero-order valence-corrected chi connectivity index (χ0v) is 19.4. The summed E-state index contributed by atoms with van der Waals surface area (Å²) in [6, 6.07) is 4.89. The van der Waals surface area contributed by atoms with E-state index in [1.165, 1.54) is 42.7 Å². The molecule has 0 spiro atoms. The average Bonchev–Trinajstić information content (AvgIpc) is 2.97. The number of amides is 1. The Balaban J connectivity index is 2.01. The van der Waals surface area contributed by atoms with Gasteiger partial charge in [0.15, 0.2) is 6.61 Å². The van der Waals surface area contributed by atoms with Gasteiger partial charge in [0.25, 0.3) is 5.91 Å². The van der Waals surface area contributed by atoms with Gasteiger partial charge in [-0.2, -0.15) is 0 Å². The van der Waals surface area contributed by atoms with Crippen LogP contribution in [0.2, 0.25) is 0 Å². The van der Waals surface area contributed by atoms with Crippen LogP contribution in [0.1, 0.15) is 45.0 Å². The number of rotatable bonds is 8. The lowest BCUT2D eigenvalue weighted by atomic mass is 10.1. The maximum atomic E-state index is 12.2. The van der Waals surface area contributed by atoms with Crippen molar-refractivity contribution in [1.29, 1.82) is 0 Å². The number of hydrogen-bond donors (Lipinski definition) is 2. The molecule has 0 fully saturated rings. The third-order valence-electron chi connectivity index (χ3n) is 4.15. The van der Waals surface area contributed by atoms with E-state index in [9.17, 15) is 22.8 Å². The van der Waals surface area contributed by atoms with Crippen LogP contribution in [0.4, 0.5) is 5.00 Å². The molecule has 2 N–H and O–H groups in total. The van der Waals surface area contributed by atoms with E-state index in [2.05, 4.69) is 10.0 Å². The summed E-state index contributed by atoms with van der Waals surface area (Å²) in [5.74, 6) is -1.99. The van der Waals surface area contributed by atoms with Crippen molar-refractivity contribution in [2.24, 2.45) is 0 Å². The third kappa shape index (κ3) is 6.12. The van der Waals surface area contributed by atoms with Crippen LogP contribution < -0.4 is 10.0 Å². The number of carbonyl (C=O) groups excluding carboxylic acids is 3. The summed E-state index contributed by atoms with van der Waals surface area (Å²) in [6.45, 7) is 6.37. The molecule has 0 atom stereocenters. The van der Waals surface area contributed by atoms with E-state index >= 15 is 0 Å². The largest absolute Gasteiger partial charge is 0.465 e. The van der Waals surface area contributed by atoms with Gasteiger partial charge < -0.3 is 14.8 Å². The molecule has 11 heteroatoms. The maximum absolute atomic E-state index is 12.2. The molecule has 9 nitrogen and oxygen atoms in total. The van der Waals surface area contributed by atoms with E-state index in [1.807, 2.05) is 6.92 Å². The van der Waals surface area contributed by atoms with Crippen molar-refractivity contribution in [3.8, 4) is 0 Å². The fraction of sp³-hybridized carbons (Fsp3) is 0.350. The molecule has 2 rings (SSSR count). The zero-order valence-electron chi connectivity index (χ0n) is 17.8. The van der Waals surface area contributed by atoms with Crippen molar-refractivity contribution in [1.82, 2.24) is 4.72 Å². The first-order valence-electron chi connectivity index (χ1n) is 9.24. The lowest BCUT2D eigenvalue weighted by Gasteiger charge is -2.10. The van der Waals surface area contributed by atoms with Crippen LogP contribution in [0.15, 0.2) is 29.2 Å². The van der Waals surface area contributed by atoms with Gasteiger partial charge in [-0.25, -0.2) is 22.7 Å². The highest BCUT2D eigenvalue weighted by molar-refractivity contribution is 7.89. The molecule has 0 aliphatic rings. The minimum atomic E-state index is -3.68. The van der Waals surface area contributed by atoms with Gasteiger partial charge in [-0.15, -0.1) is 11.3 Å². The van der Waals surface area contributed by atoms with Gasteiger partial charge >= 0.3 is 11.9 Å². The second-order valence-electron chi connectivity index (χ2n) is 6.90. The number of thiophene rings is 1. The Morgan fingerprint density at radius 1 is 1.06 bits per heavy atom. The highest BCUT2D eigenvalue weighted by atomic mass is 32.2. The predicted octanol–water partition coefficient (Wildman–Crippen LogP) is 2.63. The molecule has 0 aliphatic carbocycles. The van der Waals surface area contributed by atoms with E-state index < -0.39 is 34.5 Å². The summed E-state index contributed by atoms with van der Waals surface area (Å²) in [6.07, 6.45) is 0. The Morgan fingerprint density at radius 3 is 2.23 bits per heavy atom. The summed E-state index contributed by atoms with van der Waals surface area (Å²) < 4.78 is 36.4. The van der Waals surface area contributed by atoms with Crippen molar-refractivity contribution >= 4 is 44.2 Å². The van der Waals surface area contributed by atoms with Crippen molar-refractivity contribution in [2.75, 3.05) is 19.0 Å². The highest BCUT2D eigenvalue weighted by Gasteiger charge is 2.22. The fourth-order valence-corrected chi connectivity index (χ4v) is 4.90. The Morgan fingerprint density at radius 2 is 1.68 bits per heavy atom. The molecule has 0 saturated heterocycles. The first-order valence-corrected chi connectivity index (χ1v) is 11.5. The molecule has 168 valence electrons. The SMILES string of the molecule is COC(=O)c1c(NC(=O)COC(=O)c2ccc(S(=O)(=O)NC(C)C)cc2)sc(C)c1C. The minimum Gasteiger partial charge on any atom is -0.465 e. The van der Waals surface area contributed by atoms with Crippen LogP contribution in [0.5, 0.6) is 0 Å². The normalized spacial score (nSPS) is 11.3. The van der Waals surface area contributed by atoms with Crippen molar-refractivity contribution in [3.05, 3.63) is 45.8 Å². The monoisotopic (exact) mass is 468 g/mol. The summed E-state index contributed by atoms with van der Waals surface area (Å²) in [7, 11) is -2.43. The second kappa shape index (κ2) is 10.0. The number of nitrogens with one attached hydrogen (secondary N) is 2. The van der Waals surface area contributed by atoms with Crippen LogP contribution in [0.3, 0.4) is 0 Å². The summed E-state index contributed by atoms with van der Waals surface area (Å²) in [5.41, 5.74) is 1.05. The molecule has 1 heterocycles.